The molecular weight excluding hydrogens is 316 g/mol. The first-order valence-electron chi connectivity index (χ1n) is 6.99. The van der Waals surface area contributed by atoms with Crippen LogP contribution in [0.4, 0.5) is 5.69 Å². The molecule has 0 saturated carbocycles. The molecule has 3 rings (SSSR count). The van der Waals surface area contributed by atoms with Crippen LogP contribution in [0.3, 0.4) is 0 Å². The second-order valence-electron chi connectivity index (χ2n) is 5.26. The van der Waals surface area contributed by atoms with Crippen LogP contribution in [0.25, 0.3) is 0 Å². The summed E-state index contributed by atoms with van der Waals surface area (Å²) < 4.78 is 6.39. The van der Waals surface area contributed by atoms with Gasteiger partial charge in [-0.2, -0.15) is 0 Å². The molecule has 1 aromatic heterocycles. The second kappa shape index (κ2) is 6.02. The highest BCUT2D eigenvalue weighted by Crippen LogP contribution is 2.22. The topological polar surface area (TPSA) is 19.6 Å². The number of aryl methyl sites for hydroxylation is 1. The monoisotopic (exact) mass is 334 g/mol. The van der Waals surface area contributed by atoms with E-state index < -0.39 is 0 Å². The van der Waals surface area contributed by atoms with Crippen molar-refractivity contribution in [1.29, 1.82) is 0 Å². The lowest BCUT2D eigenvalue weighted by atomic mass is 10.1. The molecule has 1 fully saturated rings. The normalized spacial score (nSPS) is 16.6. The van der Waals surface area contributed by atoms with Gasteiger partial charge in [0.1, 0.15) is 5.76 Å². The van der Waals surface area contributed by atoms with Crippen molar-refractivity contribution in [2.45, 2.75) is 13.5 Å². The summed E-state index contributed by atoms with van der Waals surface area (Å²) in [6.07, 6.45) is 0. The third-order valence-electron chi connectivity index (χ3n) is 3.84. The van der Waals surface area contributed by atoms with E-state index in [1.165, 1.54) is 11.3 Å². The Morgan fingerprint density at radius 1 is 1.05 bits per heavy atom. The third-order valence-corrected chi connectivity index (χ3v) is 4.26. The Kier molecular flexibility index (Phi) is 4.13. The number of piperazine rings is 1. The Morgan fingerprint density at radius 3 is 2.45 bits per heavy atom. The number of rotatable bonds is 3. The van der Waals surface area contributed by atoms with Crippen LogP contribution in [0.1, 0.15) is 11.3 Å². The lowest BCUT2D eigenvalue weighted by molar-refractivity contribution is 0.229. The molecule has 20 heavy (non-hydrogen) atoms. The number of hydrogen-bond donors (Lipinski definition) is 0. The fourth-order valence-corrected chi connectivity index (χ4v) is 3.06. The van der Waals surface area contributed by atoms with E-state index in [1.54, 1.807) is 0 Å². The highest BCUT2D eigenvalue weighted by Gasteiger charge is 2.19. The summed E-state index contributed by atoms with van der Waals surface area (Å²) in [5.74, 6) is 1.03. The average molecular weight is 335 g/mol. The maximum absolute atomic E-state index is 5.58. The van der Waals surface area contributed by atoms with E-state index in [9.17, 15) is 0 Å². The van der Waals surface area contributed by atoms with Crippen LogP contribution in [-0.2, 0) is 6.54 Å². The van der Waals surface area contributed by atoms with E-state index in [0.717, 1.165) is 43.2 Å². The van der Waals surface area contributed by atoms with Crippen molar-refractivity contribution in [3.05, 3.63) is 52.4 Å². The van der Waals surface area contributed by atoms with Gasteiger partial charge in [0, 0.05) is 31.9 Å². The van der Waals surface area contributed by atoms with Crippen LogP contribution in [0.15, 0.2) is 45.5 Å². The zero-order valence-corrected chi connectivity index (χ0v) is 13.3. The summed E-state index contributed by atoms with van der Waals surface area (Å²) in [6.45, 7) is 7.38. The maximum Gasteiger partial charge on any atom is 0.169 e. The van der Waals surface area contributed by atoms with Crippen molar-refractivity contribution in [3.63, 3.8) is 0 Å². The molecule has 0 spiro atoms. The molecule has 0 amide bonds. The fourth-order valence-electron chi connectivity index (χ4n) is 2.72. The average Bonchev–Trinajstić information content (AvgIpc) is 2.86. The van der Waals surface area contributed by atoms with Gasteiger partial charge in [-0.15, -0.1) is 0 Å². The van der Waals surface area contributed by atoms with E-state index in [4.69, 9.17) is 4.42 Å². The number of hydrogen-bond acceptors (Lipinski definition) is 3. The van der Waals surface area contributed by atoms with Crippen LogP contribution in [-0.4, -0.2) is 31.1 Å². The van der Waals surface area contributed by atoms with E-state index >= 15 is 0 Å². The summed E-state index contributed by atoms with van der Waals surface area (Å²) in [7, 11) is 0. The molecule has 2 aromatic rings. The quantitative estimate of drug-likeness (QED) is 0.853. The van der Waals surface area contributed by atoms with Crippen molar-refractivity contribution in [2.24, 2.45) is 0 Å². The SMILES string of the molecule is Cc1ccccc1N1CCN(Cc2ccc(Br)o2)CC1. The summed E-state index contributed by atoms with van der Waals surface area (Å²) in [5, 5.41) is 0. The molecular formula is C16H19BrN2O. The number of halogens is 1. The van der Waals surface area contributed by atoms with Gasteiger partial charge in [0.25, 0.3) is 0 Å². The Morgan fingerprint density at radius 2 is 1.80 bits per heavy atom. The van der Waals surface area contributed by atoms with E-state index in [2.05, 4.69) is 56.9 Å². The number of anilines is 1. The van der Waals surface area contributed by atoms with Crippen molar-refractivity contribution >= 4 is 21.6 Å². The fraction of sp³-hybridized carbons (Fsp3) is 0.375. The maximum atomic E-state index is 5.58. The summed E-state index contributed by atoms with van der Waals surface area (Å²) in [5.41, 5.74) is 2.73. The molecule has 0 aliphatic carbocycles. The van der Waals surface area contributed by atoms with E-state index in [-0.39, 0.29) is 0 Å². The number of para-hydroxylation sites is 1. The molecule has 0 radical (unpaired) electrons. The second-order valence-corrected chi connectivity index (χ2v) is 6.04. The van der Waals surface area contributed by atoms with Gasteiger partial charge in [0.05, 0.1) is 6.54 Å². The molecule has 2 heterocycles. The molecule has 3 nitrogen and oxygen atoms in total. The Balaban J connectivity index is 1.58. The largest absolute Gasteiger partial charge is 0.453 e. The molecule has 1 aliphatic rings. The minimum absolute atomic E-state index is 0.811. The van der Waals surface area contributed by atoms with Gasteiger partial charge in [-0.25, -0.2) is 0 Å². The predicted molar refractivity (Wildman–Crippen MR) is 85.1 cm³/mol. The molecule has 1 aliphatic heterocycles. The molecule has 0 bridgehead atoms. The zero-order valence-electron chi connectivity index (χ0n) is 11.7. The minimum Gasteiger partial charge on any atom is -0.453 e. The zero-order chi connectivity index (χ0) is 13.9. The first-order chi connectivity index (χ1) is 9.72. The Hall–Kier alpha value is -1.26. The minimum atomic E-state index is 0.811. The first-order valence-corrected chi connectivity index (χ1v) is 7.79. The predicted octanol–water partition coefficient (Wildman–Crippen LogP) is 3.67. The third kappa shape index (κ3) is 3.07. The Labute approximate surface area is 128 Å². The molecule has 0 N–H and O–H groups in total. The Bertz CT molecular complexity index is 573. The van der Waals surface area contributed by atoms with Crippen LogP contribution in [0.5, 0.6) is 0 Å². The van der Waals surface area contributed by atoms with Gasteiger partial charge < -0.3 is 9.32 Å². The van der Waals surface area contributed by atoms with Gasteiger partial charge in [0.15, 0.2) is 4.67 Å². The van der Waals surface area contributed by atoms with Gasteiger partial charge in [0.2, 0.25) is 0 Å². The van der Waals surface area contributed by atoms with Crippen molar-refractivity contribution in [1.82, 2.24) is 4.90 Å². The molecule has 0 atom stereocenters. The summed E-state index contributed by atoms with van der Waals surface area (Å²) >= 11 is 3.35. The van der Waals surface area contributed by atoms with Crippen molar-refractivity contribution < 1.29 is 4.42 Å². The van der Waals surface area contributed by atoms with Crippen LogP contribution < -0.4 is 4.90 Å². The van der Waals surface area contributed by atoms with Crippen LogP contribution in [0.2, 0.25) is 0 Å². The van der Waals surface area contributed by atoms with Gasteiger partial charge in [-0.1, -0.05) is 18.2 Å². The van der Waals surface area contributed by atoms with E-state index in [0.29, 0.717) is 0 Å². The number of nitrogens with zero attached hydrogens (tertiary/aromatic N) is 2. The molecule has 0 unspecified atom stereocenters. The smallest absolute Gasteiger partial charge is 0.169 e. The molecule has 4 heteroatoms. The van der Waals surface area contributed by atoms with Crippen LogP contribution >= 0.6 is 15.9 Å². The molecule has 1 saturated heterocycles. The van der Waals surface area contributed by atoms with E-state index in [1.807, 2.05) is 12.1 Å². The van der Waals surface area contributed by atoms with Crippen molar-refractivity contribution in [2.75, 3.05) is 31.1 Å². The first kappa shape index (κ1) is 13.7. The lowest BCUT2D eigenvalue weighted by Crippen LogP contribution is -2.46. The van der Waals surface area contributed by atoms with Gasteiger partial charge >= 0.3 is 0 Å². The summed E-state index contributed by atoms with van der Waals surface area (Å²) in [4.78, 5) is 4.92. The standard InChI is InChI=1S/C16H19BrN2O/c1-13-4-2-3-5-15(13)19-10-8-18(9-11-19)12-14-6-7-16(17)20-14/h2-7H,8-12H2,1H3. The van der Waals surface area contributed by atoms with Crippen LogP contribution in [0, 0.1) is 6.92 Å². The number of benzene rings is 1. The molecule has 106 valence electrons. The lowest BCUT2D eigenvalue weighted by Gasteiger charge is -2.36. The van der Waals surface area contributed by atoms with Gasteiger partial charge in [-0.05, 0) is 46.6 Å². The molecule has 1 aromatic carbocycles. The highest BCUT2D eigenvalue weighted by molar-refractivity contribution is 9.10. The van der Waals surface area contributed by atoms with Gasteiger partial charge in [-0.3, -0.25) is 4.90 Å². The highest BCUT2D eigenvalue weighted by atomic mass is 79.9. The number of furan rings is 1. The van der Waals surface area contributed by atoms with Crippen molar-refractivity contribution in [3.8, 4) is 0 Å². The summed E-state index contributed by atoms with van der Waals surface area (Å²) in [6, 6.07) is 12.6.